The third-order valence-electron chi connectivity index (χ3n) is 4.87. The van der Waals surface area contributed by atoms with E-state index in [1.165, 1.54) is 12.1 Å². The van der Waals surface area contributed by atoms with Crippen molar-refractivity contribution < 1.29 is 22.8 Å². The maximum absolute atomic E-state index is 13.8. The number of benzene rings is 2. The van der Waals surface area contributed by atoms with Crippen molar-refractivity contribution in [2.24, 2.45) is 0 Å². The van der Waals surface area contributed by atoms with Crippen LogP contribution in [0.1, 0.15) is 30.4 Å². The van der Waals surface area contributed by atoms with Crippen LogP contribution in [0.3, 0.4) is 0 Å². The van der Waals surface area contributed by atoms with Gasteiger partial charge in [-0.15, -0.1) is 0 Å². The highest BCUT2D eigenvalue weighted by atomic mass is 32.2. The van der Waals surface area contributed by atoms with E-state index in [-0.39, 0.29) is 17.3 Å². The predicted octanol–water partition coefficient (Wildman–Crippen LogP) is 2.92. The molecule has 0 bridgehead atoms. The normalized spacial score (nSPS) is 12.3. The summed E-state index contributed by atoms with van der Waals surface area (Å²) >= 11 is 0. The van der Waals surface area contributed by atoms with Crippen LogP contribution in [0.15, 0.2) is 41.3 Å². The topological polar surface area (TPSA) is 120 Å². The number of hydrogen-bond acceptors (Lipinski definition) is 6. The van der Waals surface area contributed by atoms with Crippen molar-refractivity contribution in [3.63, 3.8) is 0 Å². The predicted molar refractivity (Wildman–Crippen MR) is 118 cm³/mol. The number of anilines is 2. The Morgan fingerprint density at radius 1 is 1.06 bits per heavy atom. The minimum absolute atomic E-state index is 0.174. The number of aryl methyl sites for hydroxylation is 2. The molecule has 2 aromatic rings. The monoisotopic (exact) mass is 452 g/mol. The fourth-order valence-electron chi connectivity index (χ4n) is 3.14. The molecule has 5 N–H and O–H groups in total. The third-order valence-corrected chi connectivity index (χ3v) is 6.35. The first-order valence-corrected chi connectivity index (χ1v) is 11.4. The van der Waals surface area contributed by atoms with Gasteiger partial charge in [0.15, 0.2) is 0 Å². The number of sulfonamides is 1. The molecule has 0 aliphatic heterocycles. The standard InChI is InChI=1S/C21H29FN4O4S/c1-14-12-17(13-15(2)20(14)22)25-19(21(27)26-28)6-4-5-11-24-31(29,30)18-9-7-16(23-3)8-10-18/h7-10,12-13,19,23-25,28H,4-6,11H2,1-3H3,(H,26,27)/t19-/m1/s1. The van der Waals surface area contributed by atoms with Gasteiger partial charge in [0.1, 0.15) is 11.9 Å². The number of amides is 1. The van der Waals surface area contributed by atoms with E-state index in [1.807, 2.05) is 0 Å². The van der Waals surface area contributed by atoms with E-state index < -0.39 is 22.0 Å². The number of carbonyl (C=O) groups is 1. The molecule has 0 aliphatic rings. The van der Waals surface area contributed by atoms with E-state index in [9.17, 15) is 17.6 Å². The fraction of sp³-hybridized carbons (Fsp3) is 0.381. The van der Waals surface area contributed by atoms with Gasteiger partial charge in [-0.2, -0.15) is 0 Å². The molecule has 170 valence electrons. The van der Waals surface area contributed by atoms with Crippen molar-refractivity contribution in [3.8, 4) is 0 Å². The van der Waals surface area contributed by atoms with Crippen LogP contribution in [-0.4, -0.2) is 39.2 Å². The Bertz CT molecular complexity index is 974. The van der Waals surface area contributed by atoms with Gasteiger partial charge in [-0.05, 0) is 80.6 Å². The molecule has 0 unspecified atom stereocenters. The highest BCUT2D eigenvalue weighted by molar-refractivity contribution is 7.89. The van der Waals surface area contributed by atoms with Gasteiger partial charge in [0.05, 0.1) is 4.90 Å². The molecule has 0 fully saturated rings. The van der Waals surface area contributed by atoms with Gasteiger partial charge in [0, 0.05) is 25.0 Å². The Kier molecular flexibility index (Phi) is 8.78. The van der Waals surface area contributed by atoms with Crippen LogP contribution >= 0.6 is 0 Å². The minimum Gasteiger partial charge on any atom is -0.388 e. The zero-order valence-electron chi connectivity index (χ0n) is 17.8. The first-order chi connectivity index (χ1) is 14.7. The molecule has 0 saturated carbocycles. The summed E-state index contributed by atoms with van der Waals surface area (Å²) in [5, 5.41) is 14.9. The second-order valence-corrected chi connectivity index (χ2v) is 9.03. The molecule has 1 atom stereocenters. The van der Waals surface area contributed by atoms with Gasteiger partial charge in [0.25, 0.3) is 5.91 Å². The summed E-state index contributed by atoms with van der Waals surface area (Å²) in [4.78, 5) is 12.2. The molecule has 0 spiro atoms. The molecule has 0 saturated heterocycles. The van der Waals surface area contributed by atoms with Crippen LogP contribution in [-0.2, 0) is 14.8 Å². The molecule has 1 amide bonds. The molecule has 0 radical (unpaired) electrons. The Labute approximate surface area is 182 Å². The van der Waals surface area contributed by atoms with Crippen LogP contribution in [0.25, 0.3) is 0 Å². The first-order valence-electron chi connectivity index (χ1n) is 9.92. The summed E-state index contributed by atoms with van der Waals surface area (Å²) in [6.07, 6.45) is 1.36. The van der Waals surface area contributed by atoms with Crippen LogP contribution in [0, 0.1) is 19.7 Å². The molecule has 2 rings (SSSR count). The zero-order valence-corrected chi connectivity index (χ0v) is 18.6. The van der Waals surface area contributed by atoms with E-state index in [2.05, 4.69) is 15.4 Å². The smallest absolute Gasteiger partial charge is 0.265 e. The van der Waals surface area contributed by atoms with E-state index in [0.29, 0.717) is 36.1 Å². The second-order valence-electron chi connectivity index (χ2n) is 7.26. The number of halogens is 1. The van der Waals surface area contributed by atoms with Crippen molar-refractivity contribution in [2.75, 3.05) is 24.2 Å². The molecule has 0 aliphatic carbocycles. The summed E-state index contributed by atoms with van der Waals surface area (Å²) in [5.74, 6) is -0.925. The van der Waals surface area contributed by atoms with Gasteiger partial charge in [-0.1, -0.05) is 0 Å². The van der Waals surface area contributed by atoms with Crippen LogP contribution in [0.4, 0.5) is 15.8 Å². The van der Waals surface area contributed by atoms with Gasteiger partial charge in [-0.3, -0.25) is 10.0 Å². The average Bonchev–Trinajstić information content (AvgIpc) is 2.75. The third kappa shape index (κ3) is 6.91. The maximum atomic E-state index is 13.8. The number of hydrogen-bond donors (Lipinski definition) is 5. The van der Waals surface area contributed by atoms with Gasteiger partial charge in [0.2, 0.25) is 10.0 Å². The van der Waals surface area contributed by atoms with E-state index in [0.717, 1.165) is 5.69 Å². The Hall–Kier alpha value is -2.69. The summed E-state index contributed by atoms with van der Waals surface area (Å²) in [7, 11) is -1.87. The first kappa shape index (κ1) is 24.6. The van der Waals surface area contributed by atoms with Crippen molar-refractivity contribution in [1.82, 2.24) is 10.2 Å². The van der Waals surface area contributed by atoms with Crippen molar-refractivity contribution in [3.05, 3.63) is 53.3 Å². The van der Waals surface area contributed by atoms with Crippen LogP contribution < -0.4 is 20.8 Å². The van der Waals surface area contributed by atoms with Crippen LogP contribution in [0.5, 0.6) is 0 Å². The molecule has 10 heteroatoms. The SMILES string of the molecule is CNc1ccc(S(=O)(=O)NCCCC[C@@H](Nc2cc(C)c(F)c(C)c2)C(=O)NO)cc1. The summed E-state index contributed by atoms with van der Waals surface area (Å²) < 4.78 is 41.0. The maximum Gasteiger partial charge on any atom is 0.265 e. The Balaban J connectivity index is 1.89. The second kappa shape index (κ2) is 11.1. The molecular formula is C21H29FN4O4S. The van der Waals surface area contributed by atoms with Crippen molar-refractivity contribution in [2.45, 2.75) is 44.0 Å². The summed E-state index contributed by atoms with van der Waals surface area (Å²) in [5.41, 5.74) is 3.90. The number of carbonyl (C=O) groups excluding carboxylic acids is 1. The van der Waals surface area contributed by atoms with E-state index >= 15 is 0 Å². The van der Waals surface area contributed by atoms with Crippen molar-refractivity contribution in [1.29, 1.82) is 0 Å². The average molecular weight is 453 g/mol. The van der Waals surface area contributed by atoms with Gasteiger partial charge in [-0.25, -0.2) is 23.0 Å². The van der Waals surface area contributed by atoms with Crippen molar-refractivity contribution >= 4 is 27.3 Å². The number of hydroxylamine groups is 1. The lowest BCUT2D eigenvalue weighted by Gasteiger charge is -2.19. The Morgan fingerprint density at radius 2 is 1.68 bits per heavy atom. The molecule has 0 aromatic heterocycles. The minimum atomic E-state index is -3.62. The lowest BCUT2D eigenvalue weighted by molar-refractivity contribution is -0.130. The molecular weight excluding hydrogens is 423 g/mol. The highest BCUT2D eigenvalue weighted by Crippen LogP contribution is 2.20. The molecule has 0 heterocycles. The largest absolute Gasteiger partial charge is 0.388 e. The highest BCUT2D eigenvalue weighted by Gasteiger charge is 2.19. The number of rotatable bonds is 11. The number of unbranched alkanes of at least 4 members (excludes halogenated alkanes) is 1. The molecule has 8 nitrogen and oxygen atoms in total. The van der Waals surface area contributed by atoms with E-state index in [4.69, 9.17) is 5.21 Å². The summed E-state index contributed by atoms with van der Waals surface area (Å²) in [6, 6.07) is 8.83. The lowest BCUT2D eigenvalue weighted by atomic mass is 10.1. The van der Waals surface area contributed by atoms with Gasteiger partial charge >= 0.3 is 0 Å². The number of nitrogens with one attached hydrogen (secondary N) is 4. The molecule has 2 aromatic carbocycles. The Morgan fingerprint density at radius 3 is 2.23 bits per heavy atom. The van der Waals surface area contributed by atoms with Gasteiger partial charge < -0.3 is 10.6 Å². The van der Waals surface area contributed by atoms with E-state index in [1.54, 1.807) is 50.6 Å². The zero-order chi connectivity index (χ0) is 23.0. The fourth-order valence-corrected chi connectivity index (χ4v) is 4.22. The summed E-state index contributed by atoms with van der Waals surface area (Å²) in [6.45, 7) is 3.47. The molecule has 31 heavy (non-hydrogen) atoms. The van der Waals surface area contributed by atoms with Crippen LogP contribution in [0.2, 0.25) is 0 Å². The lowest BCUT2D eigenvalue weighted by Crippen LogP contribution is -2.38. The quantitative estimate of drug-likeness (QED) is 0.203.